The molecule has 0 spiro atoms. The van der Waals surface area contributed by atoms with Gasteiger partial charge in [-0.25, -0.2) is 0 Å². The molecule has 0 aliphatic heterocycles. The summed E-state index contributed by atoms with van der Waals surface area (Å²) in [7, 11) is 0. The van der Waals surface area contributed by atoms with Gasteiger partial charge >= 0.3 is 17.9 Å². The number of carbonyl (C=O) groups excluding carboxylic acids is 3. The third-order valence-electron chi connectivity index (χ3n) is 9.54. The molecule has 0 aromatic rings. The molecular weight excluding hydrogens is 612 g/mol. The van der Waals surface area contributed by atoms with Gasteiger partial charge in [0.2, 0.25) is 0 Å². The van der Waals surface area contributed by atoms with Crippen LogP contribution in [-0.4, -0.2) is 37.2 Å². The summed E-state index contributed by atoms with van der Waals surface area (Å²) in [6.07, 6.45) is 35.6. The first-order valence-corrected chi connectivity index (χ1v) is 21.4. The van der Waals surface area contributed by atoms with Crippen LogP contribution in [-0.2, 0) is 28.6 Å². The van der Waals surface area contributed by atoms with Crippen LogP contribution in [0, 0.1) is 5.92 Å². The fraction of sp³-hybridized carbons (Fsp3) is 0.930. The predicted octanol–water partition coefficient (Wildman–Crippen LogP) is 13.2. The van der Waals surface area contributed by atoms with Crippen molar-refractivity contribution in [2.24, 2.45) is 5.92 Å². The van der Waals surface area contributed by atoms with E-state index >= 15 is 0 Å². The molecule has 6 heteroatoms. The normalized spacial score (nSPS) is 11.9. The molecule has 0 unspecified atom stereocenters. The number of carbonyl (C=O) groups is 3. The molecule has 0 aliphatic rings. The molecule has 0 saturated heterocycles. The molecule has 6 nitrogen and oxygen atoms in total. The number of hydrogen-bond acceptors (Lipinski definition) is 6. The first-order valence-electron chi connectivity index (χ1n) is 21.4. The predicted molar refractivity (Wildman–Crippen MR) is 206 cm³/mol. The van der Waals surface area contributed by atoms with Crippen molar-refractivity contribution in [3.63, 3.8) is 0 Å². The van der Waals surface area contributed by atoms with Crippen molar-refractivity contribution in [2.45, 2.75) is 239 Å². The molecule has 0 bridgehead atoms. The van der Waals surface area contributed by atoms with Gasteiger partial charge in [0.15, 0.2) is 6.10 Å². The van der Waals surface area contributed by atoms with Gasteiger partial charge in [0.05, 0.1) is 0 Å². The molecular formula is C43H82O6. The van der Waals surface area contributed by atoms with E-state index in [0.29, 0.717) is 19.3 Å². The lowest BCUT2D eigenvalue weighted by Gasteiger charge is -2.18. The molecule has 0 aromatic heterocycles. The minimum Gasteiger partial charge on any atom is -0.462 e. The SMILES string of the molecule is CCCCCCCCCCCCCCCCCCCC(=O)OC[C@@H](COC(=O)CCCCCCCCC(C)C)OC(=O)CCCCCCC. The largest absolute Gasteiger partial charge is 0.462 e. The summed E-state index contributed by atoms with van der Waals surface area (Å²) in [4.78, 5) is 37.3. The van der Waals surface area contributed by atoms with Gasteiger partial charge in [-0.1, -0.05) is 195 Å². The summed E-state index contributed by atoms with van der Waals surface area (Å²) >= 11 is 0. The minimum absolute atomic E-state index is 0.0664. The third-order valence-corrected chi connectivity index (χ3v) is 9.54. The van der Waals surface area contributed by atoms with E-state index in [1.54, 1.807) is 0 Å². The van der Waals surface area contributed by atoms with E-state index in [4.69, 9.17) is 14.2 Å². The van der Waals surface area contributed by atoms with Crippen LogP contribution in [0.2, 0.25) is 0 Å². The molecule has 0 radical (unpaired) electrons. The maximum absolute atomic E-state index is 12.5. The third kappa shape index (κ3) is 37.5. The van der Waals surface area contributed by atoms with Gasteiger partial charge in [0, 0.05) is 19.3 Å². The molecule has 0 aromatic carbocycles. The van der Waals surface area contributed by atoms with Crippen molar-refractivity contribution in [3.05, 3.63) is 0 Å². The highest BCUT2D eigenvalue weighted by molar-refractivity contribution is 5.71. The number of hydrogen-bond donors (Lipinski definition) is 0. The van der Waals surface area contributed by atoms with E-state index in [1.165, 1.54) is 122 Å². The number of ether oxygens (including phenoxy) is 3. The zero-order valence-electron chi connectivity index (χ0n) is 33.1. The highest BCUT2D eigenvalue weighted by Gasteiger charge is 2.19. The van der Waals surface area contributed by atoms with Crippen molar-refractivity contribution in [2.75, 3.05) is 13.2 Å². The zero-order chi connectivity index (χ0) is 36.0. The first kappa shape index (κ1) is 47.4. The van der Waals surface area contributed by atoms with Gasteiger partial charge in [-0.05, 0) is 25.2 Å². The Morgan fingerprint density at radius 2 is 0.673 bits per heavy atom. The minimum atomic E-state index is -0.757. The van der Waals surface area contributed by atoms with Crippen molar-refractivity contribution < 1.29 is 28.6 Å². The van der Waals surface area contributed by atoms with E-state index in [1.807, 2.05) is 0 Å². The van der Waals surface area contributed by atoms with Crippen LogP contribution in [0.4, 0.5) is 0 Å². The molecule has 0 heterocycles. The Bertz CT molecular complexity index is 736. The van der Waals surface area contributed by atoms with Crippen LogP contribution in [0.25, 0.3) is 0 Å². The van der Waals surface area contributed by atoms with Crippen molar-refractivity contribution >= 4 is 17.9 Å². The van der Waals surface area contributed by atoms with Gasteiger partial charge in [0.1, 0.15) is 13.2 Å². The Kier molecular flexibility index (Phi) is 36.4. The van der Waals surface area contributed by atoms with Crippen LogP contribution in [0.1, 0.15) is 233 Å². The van der Waals surface area contributed by atoms with Crippen LogP contribution in [0.5, 0.6) is 0 Å². The van der Waals surface area contributed by atoms with Gasteiger partial charge in [0.25, 0.3) is 0 Å². The fourth-order valence-corrected chi connectivity index (χ4v) is 6.27. The lowest BCUT2D eigenvalue weighted by Crippen LogP contribution is -2.30. The molecule has 0 fully saturated rings. The number of unbranched alkanes of at least 4 members (excludes halogenated alkanes) is 25. The molecule has 290 valence electrons. The van der Waals surface area contributed by atoms with E-state index < -0.39 is 6.10 Å². The summed E-state index contributed by atoms with van der Waals surface area (Å²) < 4.78 is 16.5. The molecule has 0 saturated carbocycles. The summed E-state index contributed by atoms with van der Waals surface area (Å²) in [5.41, 5.74) is 0. The van der Waals surface area contributed by atoms with E-state index in [2.05, 4.69) is 27.7 Å². The summed E-state index contributed by atoms with van der Waals surface area (Å²) in [6.45, 7) is 8.83. The molecule has 0 aliphatic carbocycles. The van der Waals surface area contributed by atoms with Crippen LogP contribution in [0.15, 0.2) is 0 Å². The summed E-state index contributed by atoms with van der Waals surface area (Å²) in [5, 5.41) is 0. The smallest absolute Gasteiger partial charge is 0.306 e. The highest BCUT2D eigenvalue weighted by Crippen LogP contribution is 2.16. The second-order valence-corrected chi connectivity index (χ2v) is 15.1. The van der Waals surface area contributed by atoms with Crippen LogP contribution >= 0.6 is 0 Å². The quantitative estimate of drug-likeness (QED) is 0.0364. The maximum atomic E-state index is 12.5. The number of rotatable bonds is 38. The first-order chi connectivity index (χ1) is 23.9. The standard InChI is InChI=1S/C43H82O6/c1-5-7-9-11-12-13-14-15-16-17-18-19-20-21-22-27-30-34-41(44)47-37-40(49-43(46)36-32-25-10-8-6-2)38-48-42(45)35-31-28-24-23-26-29-33-39(3)4/h39-40H,5-38H2,1-4H3/t40-/m0/s1. The second kappa shape index (κ2) is 37.7. The molecule has 0 amide bonds. The van der Waals surface area contributed by atoms with Crippen LogP contribution < -0.4 is 0 Å². The Hall–Kier alpha value is -1.59. The highest BCUT2D eigenvalue weighted by atomic mass is 16.6. The zero-order valence-corrected chi connectivity index (χ0v) is 33.1. The molecule has 0 rings (SSSR count). The molecule has 0 N–H and O–H groups in total. The Morgan fingerprint density at radius 1 is 0.388 bits per heavy atom. The fourth-order valence-electron chi connectivity index (χ4n) is 6.27. The van der Waals surface area contributed by atoms with Crippen molar-refractivity contribution in [3.8, 4) is 0 Å². The van der Waals surface area contributed by atoms with E-state index in [9.17, 15) is 14.4 Å². The molecule has 49 heavy (non-hydrogen) atoms. The Morgan fingerprint density at radius 3 is 1.00 bits per heavy atom. The average Bonchev–Trinajstić information content (AvgIpc) is 3.08. The van der Waals surface area contributed by atoms with Gasteiger partial charge < -0.3 is 14.2 Å². The Balaban J connectivity index is 4.10. The Labute approximate surface area is 304 Å². The van der Waals surface area contributed by atoms with E-state index in [0.717, 1.165) is 70.1 Å². The average molecular weight is 695 g/mol. The lowest BCUT2D eigenvalue weighted by molar-refractivity contribution is -0.167. The monoisotopic (exact) mass is 695 g/mol. The van der Waals surface area contributed by atoms with Gasteiger partial charge in [-0.2, -0.15) is 0 Å². The van der Waals surface area contributed by atoms with E-state index in [-0.39, 0.29) is 31.1 Å². The summed E-state index contributed by atoms with van der Waals surface area (Å²) in [6, 6.07) is 0. The second-order valence-electron chi connectivity index (χ2n) is 15.1. The summed E-state index contributed by atoms with van der Waals surface area (Å²) in [5.74, 6) is -0.114. The molecule has 1 atom stereocenters. The topological polar surface area (TPSA) is 78.9 Å². The van der Waals surface area contributed by atoms with Gasteiger partial charge in [-0.15, -0.1) is 0 Å². The van der Waals surface area contributed by atoms with Crippen molar-refractivity contribution in [1.82, 2.24) is 0 Å². The lowest BCUT2D eigenvalue weighted by atomic mass is 10.0. The van der Waals surface area contributed by atoms with Crippen molar-refractivity contribution in [1.29, 1.82) is 0 Å². The number of esters is 3. The van der Waals surface area contributed by atoms with Gasteiger partial charge in [-0.3, -0.25) is 14.4 Å². The maximum Gasteiger partial charge on any atom is 0.306 e. The van der Waals surface area contributed by atoms with Crippen LogP contribution in [0.3, 0.4) is 0 Å².